The van der Waals surface area contributed by atoms with Gasteiger partial charge in [-0.1, -0.05) is 30.3 Å². The minimum Gasteiger partial charge on any atom is -0.480 e. The van der Waals surface area contributed by atoms with E-state index in [1.165, 1.54) is 12.1 Å². The van der Waals surface area contributed by atoms with Crippen molar-refractivity contribution in [2.45, 2.75) is 6.54 Å². The van der Waals surface area contributed by atoms with E-state index in [2.05, 4.69) is 0 Å². The number of fused-ring (bicyclic) bond motifs is 1. The van der Waals surface area contributed by atoms with Crippen LogP contribution in [0.5, 0.6) is 0 Å². The molecule has 3 rings (SSSR count). The Balaban J connectivity index is 2.25. The summed E-state index contributed by atoms with van der Waals surface area (Å²) in [4.78, 5) is 21.6. The lowest BCUT2D eigenvalue weighted by Gasteiger charge is -2.08. The lowest BCUT2D eigenvalue weighted by Crippen LogP contribution is -2.09. The van der Waals surface area contributed by atoms with E-state index in [1.807, 2.05) is 30.3 Å². The standard InChI is InChI=1S/C16H12N2O4/c19-16(20)10-17-14-7-6-13(18(21)22)8-12(14)9-15(17)11-4-2-1-3-5-11/h1-9H,10H2,(H,19,20). The fourth-order valence-electron chi connectivity index (χ4n) is 2.53. The van der Waals surface area contributed by atoms with Crippen LogP contribution >= 0.6 is 0 Å². The number of aliphatic carboxylic acids is 1. The van der Waals surface area contributed by atoms with E-state index in [-0.39, 0.29) is 12.2 Å². The normalized spacial score (nSPS) is 10.7. The molecule has 2 aromatic carbocycles. The second kappa shape index (κ2) is 5.33. The van der Waals surface area contributed by atoms with E-state index < -0.39 is 10.9 Å². The van der Waals surface area contributed by atoms with Crippen molar-refractivity contribution < 1.29 is 14.8 Å². The highest BCUT2D eigenvalue weighted by molar-refractivity contribution is 5.90. The summed E-state index contributed by atoms with van der Waals surface area (Å²) >= 11 is 0. The molecule has 6 nitrogen and oxygen atoms in total. The Morgan fingerprint density at radius 1 is 1.14 bits per heavy atom. The van der Waals surface area contributed by atoms with Gasteiger partial charge in [0.15, 0.2) is 0 Å². The Morgan fingerprint density at radius 3 is 2.50 bits per heavy atom. The molecular weight excluding hydrogens is 284 g/mol. The highest BCUT2D eigenvalue weighted by Crippen LogP contribution is 2.30. The van der Waals surface area contributed by atoms with Gasteiger partial charge in [0.05, 0.1) is 4.92 Å². The Bertz CT molecular complexity index is 868. The molecule has 0 saturated heterocycles. The molecule has 0 unspecified atom stereocenters. The summed E-state index contributed by atoms with van der Waals surface area (Å²) in [6.07, 6.45) is 0. The lowest BCUT2D eigenvalue weighted by molar-refractivity contribution is -0.384. The van der Waals surface area contributed by atoms with Crippen molar-refractivity contribution in [3.05, 3.63) is 64.7 Å². The molecule has 0 spiro atoms. The smallest absolute Gasteiger partial charge is 0.323 e. The van der Waals surface area contributed by atoms with Crippen LogP contribution in [0, 0.1) is 10.1 Å². The molecule has 0 radical (unpaired) electrons. The van der Waals surface area contributed by atoms with Crippen LogP contribution in [0.3, 0.4) is 0 Å². The van der Waals surface area contributed by atoms with Gasteiger partial charge in [0.1, 0.15) is 6.54 Å². The second-order valence-electron chi connectivity index (χ2n) is 4.88. The van der Waals surface area contributed by atoms with Crippen molar-refractivity contribution >= 4 is 22.6 Å². The van der Waals surface area contributed by atoms with Crippen LogP contribution in [-0.2, 0) is 11.3 Å². The van der Waals surface area contributed by atoms with E-state index in [0.717, 1.165) is 11.3 Å². The molecule has 1 aromatic heterocycles. The average molecular weight is 296 g/mol. The third kappa shape index (κ3) is 2.42. The van der Waals surface area contributed by atoms with Crippen molar-refractivity contribution in [2.75, 3.05) is 0 Å². The molecule has 1 heterocycles. The summed E-state index contributed by atoms with van der Waals surface area (Å²) in [5.74, 6) is -0.965. The minimum absolute atomic E-state index is 0.0143. The Labute approximate surface area is 125 Å². The molecule has 0 fully saturated rings. The molecule has 0 amide bonds. The maximum Gasteiger partial charge on any atom is 0.323 e. The number of carbonyl (C=O) groups is 1. The number of aromatic nitrogens is 1. The number of non-ortho nitro benzene ring substituents is 1. The number of nitro groups is 1. The summed E-state index contributed by atoms with van der Waals surface area (Å²) in [6, 6.07) is 15.6. The van der Waals surface area contributed by atoms with Gasteiger partial charge >= 0.3 is 5.97 Å². The molecule has 0 aliphatic rings. The van der Waals surface area contributed by atoms with Gasteiger partial charge in [-0.2, -0.15) is 0 Å². The lowest BCUT2D eigenvalue weighted by atomic mass is 10.1. The van der Waals surface area contributed by atoms with Crippen LogP contribution in [0.15, 0.2) is 54.6 Å². The number of carboxylic acid groups (broad SMARTS) is 1. The molecule has 0 saturated carbocycles. The van der Waals surface area contributed by atoms with Gasteiger partial charge in [-0.3, -0.25) is 14.9 Å². The fraction of sp³-hybridized carbons (Fsp3) is 0.0625. The van der Waals surface area contributed by atoms with Crippen molar-refractivity contribution in [2.24, 2.45) is 0 Å². The molecule has 6 heteroatoms. The van der Waals surface area contributed by atoms with Gasteiger partial charge in [-0.15, -0.1) is 0 Å². The highest BCUT2D eigenvalue weighted by atomic mass is 16.6. The zero-order chi connectivity index (χ0) is 15.7. The number of hydrogen-bond donors (Lipinski definition) is 1. The summed E-state index contributed by atoms with van der Waals surface area (Å²) in [5.41, 5.74) is 2.23. The van der Waals surface area contributed by atoms with Gasteiger partial charge < -0.3 is 9.67 Å². The highest BCUT2D eigenvalue weighted by Gasteiger charge is 2.15. The van der Waals surface area contributed by atoms with Crippen LogP contribution < -0.4 is 0 Å². The van der Waals surface area contributed by atoms with Gasteiger partial charge in [-0.25, -0.2) is 0 Å². The van der Waals surface area contributed by atoms with Crippen LogP contribution in [0.25, 0.3) is 22.2 Å². The van der Waals surface area contributed by atoms with Gasteiger partial charge in [0.2, 0.25) is 0 Å². The Morgan fingerprint density at radius 2 is 1.86 bits per heavy atom. The molecule has 0 bridgehead atoms. The third-order valence-electron chi connectivity index (χ3n) is 3.46. The molecule has 0 atom stereocenters. The van der Waals surface area contributed by atoms with Crippen molar-refractivity contribution in [3.8, 4) is 11.3 Å². The van der Waals surface area contributed by atoms with E-state index in [4.69, 9.17) is 5.11 Å². The largest absolute Gasteiger partial charge is 0.480 e. The quantitative estimate of drug-likeness (QED) is 0.591. The second-order valence-corrected chi connectivity index (χ2v) is 4.88. The zero-order valence-electron chi connectivity index (χ0n) is 11.5. The maximum atomic E-state index is 11.1. The van der Waals surface area contributed by atoms with Crippen molar-refractivity contribution in [3.63, 3.8) is 0 Å². The molecule has 1 N–H and O–H groups in total. The summed E-state index contributed by atoms with van der Waals surface area (Å²) in [7, 11) is 0. The van der Waals surface area contributed by atoms with Crippen molar-refractivity contribution in [1.82, 2.24) is 4.57 Å². The predicted molar refractivity (Wildman–Crippen MR) is 81.7 cm³/mol. The predicted octanol–water partition coefficient (Wildman–Crippen LogP) is 3.30. The van der Waals surface area contributed by atoms with E-state index >= 15 is 0 Å². The van der Waals surface area contributed by atoms with E-state index in [0.29, 0.717) is 10.9 Å². The first kappa shape index (κ1) is 13.8. The fourth-order valence-corrected chi connectivity index (χ4v) is 2.53. The number of carboxylic acids is 1. The summed E-state index contributed by atoms with van der Waals surface area (Å²) < 4.78 is 1.65. The molecule has 0 aliphatic heterocycles. The topological polar surface area (TPSA) is 85.4 Å². The first-order valence-electron chi connectivity index (χ1n) is 6.61. The van der Waals surface area contributed by atoms with Gasteiger partial charge in [0, 0.05) is 28.7 Å². The minimum atomic E-state index is -0.965. The maximum absolute atomic E-state index is 11.1. The van der Waals surface area contributed by atoms with E-state index in [1.54, 1.807) is 16.7 Å². The molecule has 22 heavy (non-hydrogen) atoms. The first-order chi connectivity index (χ1) is 10.6. The number of hydrogen-bond acceptors (Lipinski definition) is 3. The first-order valence-corrected chi connectivity index (χ1v) is 6.61. The van der Waals surface area contributed by atoms with Gasteiger partial charge in [-0.05, 0) is 17.7 Å². The van der Waals surface area contributed by atoms with Crippen molar-refractivity contribution in [1.29, 1.82) is 0 Å². The number of nitro benzene ring substituents is 1. The summed E-state index contributed by atoms with van der Waals surface area (Å²) in [5, 5.41) is 20.7. The average Bonchev–Trinajstić information content (AvgIpc) is 2.85. The van der Waals surface area contributed by atoms with Crippen LogP contribution in [0.2, 0.25) is 0 Å². The number of benzene rings is 2. The van der Waals surface area contributed by atoms with E-state index in [9.17, 15) is 14.9 Å². The molecular formula is C16H12N2O4. The monoisotopic (exact) mass is 296 g/mol. The number of rotatable bonds is 4. The summed E-state index contributed by atoms with van der Waals surface area (Å²) in [6.45, 7) is -0.203. The van der Waals surface area contributed by atoms with Crippen LogP contribution in [-0.4, -0.2) is 20.6 Å². The number of nitrogens with zero attached hydrogens (tertiary/aromatic N) is 2. The SMILES string of the molecule is O=C(O)Cn1c(-c2ccccc2)cc2cc([N+](=O)[O-])ccc21. The Kier molecular flexibility index (Phi) is 3.34. The molecule has 0 aliphatic carbocycles. The molecule has 3 aromatic rings. The Hall–Kier alpha value is -3.15. The molecule has 110 valence electrons. The van der Waals surface area contributed by atoms with Gasteiger partial charge in [0.25, 0.3) is 5.69 Å². The zero-order valence-corrected chi connectivity index (χ0v) is 11.5. The van der Waals surface area contributed by atoms with Crippen LogP contribution in [0.4, 0.5) is 5.69 Å². The third-order valence-corrected chi connectivity index (χ3v) is 3.46. The van der Waals surface area contributed by atoms with Crippen LogP contribution in [0.1, 0.15) is 0 Å².